The number of ether oxygens (including phenoxy) is 2. The van der Waals surface area contributed by atoms with Crippen LogP contribution in [-0.4, -0.2) is 30.9 Å². The number of rotatable bonds is 34. The van der Waals surface area contributed by atoms with Gasteiger partial charge in [-0.25, -0.2) is 9.59 Å². The molecule has 0 rings (SSSR count). The Balaban J connectivity index is 4.30. The summed E-state index contributed by atoms with van der Waals surface area (Å²) >= 11 is 1.46. The lowest BCUT2D eigenvalue weighted by atomic mass is 10.1. The fraction of sp³-hybridized carbons (Fsp3) is 0.895. The molecule has 0 spiro atoms. The molecule has 254 valence electrons. The third kappa shape index (κ3) is 32.2. The Morgan fingerprint density at radius 1 is 0.442 bits per heavy atom. The molecular weight excluding hydrogens is 552 g/mol. The van der Waals surface area contributed by atoms with Crippen LogP contribution >= 0.6 is 11.8 Å². The molecule has 0 aromatic carbocycles. The summed E-state index contributed by atoms with van der Waals surface area (Å²) in [7, 11) is 0. The minimum absolute atomic E-state index is 0.364. The summed E-state index contributed by atoms with van der Waals surface area (Å²) in [6, 6.07) is 0. The van der Waals surface area contributed by atoms with E-state index in [1.54, 1.807) is 0 Å². The Morgan fingerprint density at radius 2 is 0.767 bits per heavy atom. The second-order valence-electron chi connectivity index (χ2n) is 12.5. The first-order valence-corrected chi connectivity index (χ1v) is 19.8. The quantitative estimate of drug-likeness (QED) is 0.0405. The molecule has 0 aliphatic rings. The van der Waals surface area contributed by atoms with Gasteiger partial charge in [-0.1, -0.05) is 181 Å². The summed E-state index contributed by atoms with van der Waals surface area (Å²) in [5, 5.41) is 0. The van der Waals surface area contributed by atoms with Gasteiger partial charge in [0.25, 0.3) is 0 Å². The number of hydrogen-bond acceptors (Lipinski definition) is 5. The lowest BCUT2D eigenvalue weighted by Gasteiger charge is -2.09. The molecule has 4 nitrogen and oxygen atoms in total. The van der Waals surface area contributed by atoms with Crippen molar-refractivity contribution in [3.05, 3.63) is 11.0 Å². The molecule has 0 unspecified atom stereocenters. The van der Waals surface area contributed by atoms with E-state index in [0.29, 0.717) is 18.1 Å². The zero-order valence-corrected chi connectivity index (χ0v) is 29.9. The van der Waals surface area contributed by atoms with Crippen molar-refractivity contribution in [2.45, 2.75) is 201 Å². The van der Waals surface area contributed by atoms with E-state index < -0.39 is 5.97 Å². The Bertz CT molecular complexity index is 633. The van der Waals surface area contributed by atoms with Gasteiger partial charge >= 0.3 is 11.9 Å². The minimum atomic E-state index is -0.412. The zero-order valence-electron chi connectivity index (χ0n) is 29.0. The van der Waals surface area contributed by atoms with Crippen LogP contribution in [0, 0.1) is 0 Å². The third-order valence-corrected chi connectivity index (χ3v) is 9.27. The summed E-state index contributed by atoms with van der Waals surface area (Å²) in [4.78, 5) is 25.8. The maximum absolute atomic E-state index is 12.8. The van der Waals surface area contributed by atoms with Gasteiger partial charge < -0.3 is 9.47 Å². The van der Waals surface area contributed by atoms with Crippen LogP contribution in [0.3, 0.4) is 0 Å². The Morgan fingerprint density at radius 3 is 1.16 bits per heavy atom. The molecule has 5 heteroatoms. The van der Waals surface area contributed by atoms with Crippen LogP contribution in [0.4, 0.5) is 0 Å². The van der Waals surface area contributed by atoms with Crippen molar-refractivity contribution in [3.63, 3.8) is 0 Å². The summed E-state index contributed by atoms with van der Waals surface area (Å²) in [5.74, 6) is 0.0569. The molecule has 0 bridgehead atoms. The monoisotopic (exact) mass is 625 g/mol. The van der Waals surface area contributed by atoms with Crippen molar-refractivity contribution in [2.24, 2.45) is 0 Å². The predicted octanol–water partition coefficient (Wildman–Crippen LogP) is 12.7. The molecule has 0 aromatic heterocycles. The molecule has 43 heavy (non-hydrogen) atoms. The van der Waals surface area contributed by atoms with Crippen LogP contribution in [0.5, 0.6) is 0 Å². The summed E-state index contributed by atoms with van der Waals surface area (Å²) < 4.78 is 11.0. The highest BCUT2D eigenvalue weighted by Crippen LogP contribution is 2.21. The summed E-state index contributed by atoms with van der Waals surface area (Å²) in [5.41, 5.74) is 0. The normalized spacial score (nSPS) is 11.7. The average molecular weight is 625 g/mol. The first kappa shape index (κ1) is 42.0. The van der Waals surface area contributed by atoms with Crippen LogP contribution in [-0.2, 0) is 19.1 Å². The maximum atomic E-state index is 12.8. The summed E-state index contributed by atoms with van der Waals surface area (Å²) in [6.45, 7) is 7.62. The molecule has 0 saturated heterocycles. The van der Waals surface area contributed by atoms with E-state index in [1.165, 1.54) is 166 Å². The number of unbranched alkanes of at least 4 members (excludes halogenated alkanes) is 25. The van der Waals surface area contributed by atoms with Crippen LogP contribution in [0.25, 0.3) is 0 Å². The van der Waals surface area contributed by atoms with Gasteiger partial charge in [0, 0.05) is 6.08 Å². The minimum Gasteiger partial charge on any atom is -0.462 e. The Hall–Kier alpha value is -0.970. The molecule has 0 aromatic rings. The fourth-order valence-electron chi connectivity index (χ4n) is 5.31. The molecule has 0 N–H and O–H groups in total. The predicted molar refractivity (Wildman–Crippen MR) is 189 cm³/mol. The number of carbonyl (C=O) groups is 2. The van der Waals surface area contributed by atoms with Crippen molar-refractivity contribution >= 4 is 23.7 Å². The van der Waals surface area contributed by atoms with E-state index in [1.807, 2.05) is 0 Å². The first-order valence-electron chi connectivity index (χ1n) is 18.8. The highest BCUT2D eigenvalue weighted by atomic mass is 32.2. The lowest BCUT2D eigenvalue weighted by Crippen LogP contribution is -2.11. The van der Waals surface area contributed by atoms with Crippen LogP contribution in [0.2, 0.25) is 0 Å². The number of hydrogen-bond donors (Lipinski definition) is 0. The van der Waals surface area contributed by atoms with Gasteiger partial charge in [0.1, 0.15) is 0 Å². The molecular formula is C38H72O4S. The Labute approximate surface area is 272 Å². The van der Waals surface area contributed by atoms with Crippen molar-refractivity contribution in [1.29, 1.82) is 0 Å². The second kappa shape index (κ2) is 35.5. The van der Waals surface area contributed by atoms with Crippen molar-refractivity contribution in [1.82, 2.24) is 0 Å². The van der Waals surface area contributed by atoms with Crippen LogP contribution < -0.4 is 0 Å². The Kier molecular flexibility index (Phi) is 34.7. The van der Waals surface area contributed by atoms with Gasteiger partial charge in [0.05, 0.1) is 18.1 Å². The van der Waals surface area contributed by atoms with Crippen LogP contribution in [0.15, 0.2) is 11.0 Å². The molecule has 0 aliphatic heterocycles. The van der Waals surface area contributed by atoms with Gasteiger partial charge in [-0.15, -0.1) is 11.8 Å². The fourth-order valence-corrected chi connectivity index (χ4v) is 6.24. The molecule has 0 heterocycles. The number of carbonyl (C=O) groups excluding carboxylic acids is 2. The van der Waals surface area contributed by atoms with Crippen LogP contribution in [0.1, 0.15) is 201 Å². The van der Waals surface area contributed by atoms with E-state index in [2.05, 4.69) is 20.8 Å². The third-order valence-electron chi connectivity index (χ3n) is 8.18. The molecule has 0 atom stereocenters. The smallest absolute Gasteiger partial charge is 0.344 e. The van der Waals surface area contributed by atoms with Gasteiger partial charge in [0.2, 0.25) is 0 Å². The first-order chi connectivity index (χ1) is 21.2. The largest absolute Gasteiger partial charge is 0.462 e. The van der Waals surface area contributed by atoms with E-state index in [0.717, 1.165) is 37.9 Å². The zero-order chi connectivity index (χ0) is 31.5. The molecule has 0 saturated carbocycles. The van der Waals surface area contributed by atoms with E-state index in [9.17, 15) is 9.59 Å². The number of esters is 2. The van der Waals surface area contributed by atoms with Gasteiger partial charge in [0.15, 0.2) is 0 Å². The molecule has 0 amide bonds. The molecule has 0 aliphatic carbocycles. The number of thioether (sulfide) groups is 1. The highest BCUT2D eigenvalue weighted by molar-refractivity contribution is 8.04. The maximum Gasteiger partial charge on any atom is 0.344 e. The van der Waals surface area contributed by atoms with Gasteiger partial charge in [-0.3, -0.25) is 0 Å². The topological polar surface area (TPSA) is 52.6 Å². The lowest BCUT2D eigenvalue weighted by molar-refractivity contribution is -0.140. The van der Waals surface area contributed by atoms with Gasteiger partial charge in [-0.05, 0) is 25.0 Å². The highest BCUT2D eigenvalue weighted by Gasteiger charge is 2.15. The second-order valence-corrected chi connectivity index (χ2v) is 13.6. The van der Waals surface area contributed by atoms with E-state index >= 15 is 0 Å². The molecule has 0 fully saturated rings. The van der Waals surface area contributed by atoms with E-state index in [-0.39, 0.29) is 5.97 Å². The van der Waals surface area contributed by atoms with Crippen molar-refractivity contribution in [3.8, 4) is 0 Å². The SMILES string of the molecule is CCCCCCCCCCCCOC(=O)/C=C(/SCCCCCCCCCC)C(=O)OCCCCCCCCCCCC. The van der Waals surface area contributed by atoms with Crippen molar-refractivity contribution < 1.29 is 19.1 Å². The standard InChI is InChI=1S/C38H72O4S/c1-4-7-10-13-16-19-21-23-26-29-32-41-37(39)35-36(43-34-31-28-25-18-15-12-9-6-3)38(40)42-33-30-27-24-22-20-17-14-11-8-5-2/h35H,4-34H2,1-3H3/b36-35+. The summed E-state index contributed by atoms with van der Waals surface area (Å²) in [6.07, 6.45) is 36.4. The molecule has 0 radical (unpaired) electrons. The van der Waals surface area contributed by atoms with E-state index in [4.69, 9.17) is 9.47 Å². The average Bonchev–Trinajstić information content (AvgIpc) is 3.01. The van der Waals surface area contributed by atoms with Crippen molar-refractivity contribution in [2.75, 3.05) is 19.0 Å². The van der Waals surface area contributed by atoms with Gasteiger partial charge in [-0.2, -0.15) is 0 Å².